The molecule has 168 valence electrons. The molecule has 0 saturated heterocycles. The molecule has 4 rings (SSSR count). The first kappa shape index (κ1) is 22.0. The molecular formula is C24H30N6O2. The number of carbonyl (C=O) groups is 1. The number of rotatable bonds is 7. The molecular weight excluding hydrogens is 404 g/mol. The zero-order valence-electron chi connectivity index (χ0n) is 18.6. The van der Waals surface area contributed by atoms with Crippen molar-refractivity contribution in [1.29, 1.82) is 0 Å². The summed E-state index contributed by atoms with van der Waals surface area (Å²) in [4.78, 5) is 21.6. The van der Waals surface area contributed by atoms with Crippen molar-refractivity contribution < 1.29 is 9.53 Å². The van der Waals surface area contributed by atoms with Gasteiger partial charge in [-0.3, -0.25) is 9.48 Å². The Balaban J connectivity index is 1.43. The minimum atomic E-state index is -0.240. The van der Waals surface area contributed by atoms with E-state index < -0.39 is 0 Å². The zero-order chi connectivity index (χ0) is 22.5. The van der Waals surface area contributed by atoms with Crippen molar-refractivity contribution in [2.45, 2.75) is 51.7 Å². The second-order valence-electron chi connectivity index (χ2n) is 8.49. The monoisotopic (exact) mass is 434 g/mol. The number of hydrogen-bond donors (Lipinski definition) is 2. The topological polar surface area (TPSA) is 108 Å². The molecule has 8 nitrogen and oxygen atoms in total. The number of nitrogens with zero attached hydrogens (tertiary/aromatic N) is 4. The van der Waals surface area contributed by atoms with E-state index in [9.17, 15) is 4.79 Å². The number of methoxy groups -OCH3 is 1. The Hall–Kier alpha value is -3.26. The van der Waals surface area contributed by atoms with Crippen LogP contribution in [0.2, 0.25) is 0 Å². The highest BCUT2D eigenvalue weighted by molar-refractivity contribution is 5.93. The van der Waals surface area contributed by atoms with Gasteiger partial charge in [-0.15, -0.1) is 0 Å². The molecule has 1 fully saturated rings. The Kier molecular flexibility index (Phi) is 6.80. The summed E-state index contributed by atoms with van der Waals surface area (Å²) in [6.07, 6.45) is 6.17. The van der Waals surface area contributed by atoms with Crippen LogP contribution < -0.4 is 15.8 Å². The van der Waals surface area contributed by atoms with Crippen LogP contribution in [0.4, 0.5) is 0 Å². The minimum Gasteiger partial charge on any atom is -0.497 e. The van der Waals surface area contributed by atoms with Crippen molar-refractivity contribution >= 4 is 5.91 Å². The number of hydrogen-bond acceptors (Lipinski definition) is 6. The van der Waals surface area contributed by atoms with Crippen molar-refractivity contribution in [3.05, 3.63) is 59.7 Å². The van der Waals surface area contributed by atoms with E-state index in [2.05, 4.69) is 20.4 Å². The van der Waals surface area contributed by atoms with Crippen molar-refractivity contribution in [1.82, 2.24) is 25.1 Å². The van der Waals surface area contributed by atoms with E-state index in [4.69, 9.17) is 10.5 Å². The van der Waals surface area contributed by atoms with Gasteiger partial charge in [0.05, 0.1) is 7.11 Å². The molecule has 8 heteroatoms. The van der Waals surface area contributed by atoms with Crippen molar-refractivity contribution in [2.75, 3.05) is 7.11 Å². The van der Waals surface area contributed by atoms with Gasteiger partial charge in [-0.1, -0.05) is 12.1 Å². The molecule has 1 amide bonds. The largest absolute Gasteiger partial charge is 0.497 e. The third-order valence-corrected chi connectivity index (χ3v) is 5.90. The molecule has 0 bridgehead atoms. The zero-order valence-corrected chi connectivity index (χ0v) is 18.6. The van der Waals surface area contributed by atoms with Gasteiger partial charge in [0, 0.05) is 30.4 Å². The summed E-state index contributed by atoms with van der Waals surface area (Å²) in [6, 6.07) is 11.6. The number of amides is 1. The summed E-state index contributed by atoms with van der Waals surface area (Å²) in [5.41, 5.74) is 8.84. The van der Waals surface area contributed by atoms with Gasteiger partial charge in [0.25, 0.3) is 5.91 Å². The van der Waals surface area contributed by atoms with Crippen LogP contribution in [0.25, 0.3) is 11.4 Å². The third-order valence-electron chi connectivity index (χ3n) is 5.90. The fraction of sp³-hybridized carbons (Fsp3) is 0.417. The third kappa shape index (κ3) is 5.50. The maximum Gasteiger partial charge on any atom is 0.270 e. The van der Waals surface area contributed by atoms with Crippen molar-refractivity contribution in [3.8, 4) is 17.1 Å². The molecule has 2 heterocycles. The summed E-state index contributed by atoms with van der Waals surface area (Å²) in [5.74, 6) is 1.70. The molecule has 1 aliphatic carbocycles. The van der Waals surface area contributed by atoms with Gasteiger partial charge in [-0.05, 0) is 68.4 Å². The van der Waals surface area contributed by atoms with Crippen LogP contribution in [0.15, 0.2) is 42.7 Å². The Morgan fingerprint density at radius 1 is 1.22 bits per heavy atom. The van der Waals surface area contributed by atoms with Crippen LogP contribution >= 0.6 is 0 Å². The fourth-order valence-electron chi connectivity index (χ4n) is 4.12. The highest BCUT2D eigenvalue weighted by Crippen LogP contribution is 2.25. The van der Waals surface area contributed by atoms with Gasteiger partial charge in [-0.2, -0.15) is 5.10 Å². The van der Waals surface area contributed by atoms with Crippen LogP contribution in [-0.4, -0.2) is 38.8 Å². The Labute approximate surface area is 188 Å². The standard InChI is InChI=1S/C24H30N6O2/c1-16-10-19(23-27-15-30(29-23)14-17-6-8-20(25)9-7-17)12-22(28-16)24(31)26-13-18-4-3-5-21(11-18)32-2/h3-5,10-12,15,17,20H,6-9,13-14,25H2,1-2H3,(H,26,31)/t17-,20-. The molecule has 3 N–H and O–H groups in total. The molecule has 3 aromatic rings. The first-order chi connectivity index (χ1) is 15.5. The molecule has 0 aliphatic heterocycles. The van der Waals surface area contributed by atoms with Gasteiger partial charge in [-0.25, -0.2) is 9.97 Å². The Morgan fingerprint density at radius 3 is 2.81 bits per heavy atom. The number of nitrogens with one attached hydrogen (secondary N) is 1. The van der Waals surface area contributed by atoms with E-state index in [-0.39, 0.29) is 5.91 Å². The number of nitrogens with two attached hydrogens (primary N) is 1. The first-order valence-corrected chi connectivity index (χ1v) is 11.1. The number of ether oxygens (including phenoxy) is 1. The molecule has 1 aromatic carbocycles. The normalized spacial score (nSPS) is 18.3. The highest BCUT2D eigenvalue weighted by atomic mass is 16.5. The lowest BCUT2D eigenvalue weighted by Gasteiger charge is -2.25. The fourth-order valence-corrected chi connectivity index (χ4v) is 4.12. The summed E-state index contributed by atoms with van der Waals surface area (Å²) < 4.78 is 7.13. The van der Waals surface area contributed by atoms with Gasteiger partial charge < -0.3 is 15.8 Å². The van der Waals surface area contributed by atoms with Gasteiger partial charge >= 0.3 is 0 Å². The lowest BCUT2D eigenvalue weighted by Crippen LogP contribution is -2.28. The number of carbonyl (C=O) groups excluding carboxylic acids is 1. The van der Waals surface area contributed by atoms with E-state index in [0.717, 1.165) is 54.8 Å². The molecule has 0 spiro atoms. The quantitative estimate of drug-likeness (QED) is 0.592. The highest BCUT2D eigenvalue weighted by Gasteiger charge is 2.20. The van der Waals surface area contributed by atoms with Crippen molar-refractivity contribution in [3.63, 3.8) is 0 Å². The molecule has 1 aliphatic rings. The second-order valence-corrected chi connectivity index (χ2v) is 8.49. The van der Waals surface area contributed by atoms with E-state index in [1.165, 1.54) is 0 Å². The van der Waals surface area contributed by atoms with E-state index >= 15 is 0 Å². The van der Waals surface area contributed by atoms with Gasteiger partial charge in [0.15, 0.2) is 5.82 Å². The maximum absolute atomic E-state index is 12.7. The molecule has 0 unspecified atom stereocenters. The van der Waals surface area contributed by atoms with E-state index in [0.29, 0.717) is 30.0 Å². The minimum absolute atomic E-state index is 0.240. The Morgan fingerprint density at radius 2 is 2.03 bits per heavy atom. The lowest BCUT2D eigenvalue weighted by atomic mass is 9.86. The van der Waals surface area contributed by atoms with Crippen LogP contribution in [0.3, 0.4) is 0 Å². The molecule has 1 saturated carbocycles. The molecule has 32 heavy (non-hydrogen) atoms. The number of pyridine rings is 1. The summed E-state index contributed by atoms with van der Waals surface area (Å²) >= 11 is 0. The summed E-state index contributed by atoms with van der Waals surface area (Å²) in [6.45, 7) is 3.10. The van der Waals surface area contributed by atoms with Crippen LogP contribution in [0.5, 0.6) is 5.75 Å². The van der Waals surface area contributed by atoms with Gasteiger partial charge in [0.1, 0.15) is 17.8 Å². The molecule has 0 atom stereocenters. The predicted octanol–water partition coefficient (Wildman–Crippen LogP) is 3.10. The average Bonchev–Trinajstić information content (AvgIpc) is 3.27. The summed E-state index contributed by atoms with van der Waals surface area (Å²) in [5, 5.41) is 7.57. The van der Waals surface area contributed by atoms with Crippen LogP contribution in [-0.2, 0) is 13.1 Å². The SMILES string of the molecule is COc1cccc(CNC(=O)c2cc(-c3ncn(C[C@H]4CC[C@H](N)CC4)n3)cc(C)n2)c1. The maximum atomic E-state index is 12.7. The lowest BCUT2D eigenvalue weighted by molar-refractivity contribution is 0.0945. The number of aryl methyl sites for hydroxylation is 1. The van der Waals surface area contributed by atoms with Gasteiger partial charge in [0.2, 0.25) is 0 Å². The second kappa shape index (κ2) is 9.91. The van der Waals surface area contributed by atoms with E-state index in [1.54, 1.807) is 19.5 Å². The Bertz CT molecular complexity index is 1070. The molecule has 2 aromatic heterocycles. The van der Waals surface area contributed by atoms with Crippen LogP contribution in [0, 0.1) is 12.8 Å². The van der Waals surface area contributed by atoms with Crippen molar-refractivity contribution in [2.24, 2.45) is 11.7 Å². The molecule has 0 radical (unpaired) electrons. The number of benzene rings is 1. The predicted molar refractivity (Wildman–Crippen MR) is 122 cm³/mol. The smallest absolute Gasteiger partial charge is 0.270 e. The average molecular weight is 435 g/mol. The summed E-state index contributed by atoms with van der Waals surface area (Å²) in [7, 11) is 1.62. The first-order valence-electron chi connectivity index (χ1n) is 11.1. The van der Waals surface area contributed by atoms with Crippen LogP contribution in [0.1, 0.15) is 47.4 Å². The van der Waals surface area contributed by atoms with E-state index in [1.807, 2.05) is 41.9 Å². The number of aromatic nitrogens is 4.